The smallest absolute Gasteiger partial charge is 0.329 e. The fourth-order valence-electron chi connectivity index (χ4n) is 11.2. The third-order valence-corrected chi connectivity index (χ3v) is 17.6. The number of aliphatic carboxylic acids is 4. The summed E-state index contributed by atoms with van der Waals surface area (Å²) in [6.45, 7) is 2.79. The van der Waals surface area contributed by atoms with Crippen molar-refractivity contribution >= 4 is 123 Å². The number of nitrogens with two attached hydrogens (primary N) is 2. The number of aliphatic hydroxyl groups is 2. The second-order valence-corrected chi connectivity index (χ2v) is 27.0. The molecule has 13 atom stereocenters. The van der Waals surface area contributed by atoms with Gasteiger partial charge in [0, 0.05) is 36.4 Å². The zero-order valence-electron chi connectivity index (χ0n) is 62.2. The number of cyclic esters (lactones) is 1. The quantitative estimate of drug-likeness (QED) is 0.0223. The van der Waals surface area contributed by atoms with E-state index in [-0.39, 0.29) is 25.8 Å². The van der Waals surface area contributed by atoms with E-state index in [0.717, 1.165) is 45.4 Å². The lowest BCUT2D eigenvalue weighted by Gasteiger charge is -2.30. The number of ether oxygens (including phenoxy) is 1. The maximum Gasteiger partial charge on any atom is 0.329 e. The van der Waals surface area contributed by atoms with Crippen LogP contribution in [0.4, 0.5) is 0 Å². The highest BCUT2D eigenvalue weighted by molar-refractivity contribution is 6.02. The molecule has 24 N–H and O–H groups in total. The molecule has 111 heavy (non-hydrogen) atoms. The van der Waals surface area contributed by atoms with E-state index in [1.165, 1.54) is 13.8 Å². The van der Waals surface area contributed by atoms with Crippen molar-refractivity contribution in [2.24, 2.45) is 23.3 Å². The predicted octanol–water partition coefficient (Wildman–Crippen LogP) is -6.07. The Hall–Kier alpha value is -11.4. The number of carbonyl (C=O) groups is 19. The van der Waals surface area contributed by atoms with E-state index in [2.05, 4.69) is 66.7 Å². The van der Waals surface area contributed by atoms with E-state index >= 15 is 0 Å². The summed E-state index contributed by atoms with van der Waals surface area (Å²) < 4.78 is 5.63. The van der Waals surface area contributed by atoms with Gasteiger partial charge in [0.2, 0.25) is 82.7 Å². The van der Waals surface area contributed by atoms with Gasteiger partial charge in [-0.25, -0.2) is 4.79 Å². The average Bonchev–Trinajstić information content (AvgIpc) is 1.74. The highest BCUT2D eigenvalue weighted by Crippen LogP contribution is 2.21. The number of fused-ring (bicyclic) bond motifs is 1. The van der Waals surface area contributed by atoms with Gasteiger partial charge in [-0.05, 0) is 62.6 Å². The largest absolute Gasteiger partial charge is 0.481 e. The van der Waals surface area contributed by atoms with Crippen LogP contribution < -0.4 is 80.6 Å². The van der Waals surface area contributed by atoms with Crippen molar-refractivity contribution in [2.75, 3.05) is 32.8 Å². The van der Waals surface area contributed by atoms with Crippen molar-refractivity contribution in [3.63, 3.8) is 0 Å². The Balaban J connectivity index is 2.16. The number of primary amides is 1. The minimum absolute atomic E-state index is 0.00222. The Labute approximate surface area is 636 Å². The van der Waals surface area contributed by atoms with Gasteiger partial charge in [0.25, 0.3) is 0 Å². The number of esters is 1. The van der Waals surface area contributed by atoms with Crippen LogP contribution in [-0.2, 0) is 102 Å². The molecule has 0 radical (unpaired) electrons. The van der Waals surface area contributed by atoms with Crippen molar-refractivity contribution < 1.29 is 126 Å². The number of unbranched alkanes of at least 4 members (excludes halogenated alkanes) is 5. The van der Waals surface area contributed by atoms with Gasteiger partial charge in [-0.3, -0.25) is 86.3 Å². The number of aromatic amines is 1. The number of nitrogens with one attached hydrogen (secondary N) is 14. The van der Waals surface area contributed by atoms with Gasteiger partial charge in [0.15, 0.2) is 0 Å². The van der Waals surface area contributed by atoms with Gasteiger partial charge < -0.3 is 121 Å². The third kappa shape index (κ3) is 33.9. The lowest BCUT2D eigenvalue weighted by molar-refractivity contribution is -0.157. The van der Waals surface area contributed by atoms with Crippen LogP contribution in [0.5, 0.6) is 0 Å². The average molecular weight is 1570 g/mol. The number of H-pyrrole nitrogens is 1. The number of rotatable bonds is 36. The van der Waals surface area contributed by atoms with E-state index in [1.807, 2.05) is 21.3 Å². The Morgan fingerprint density at radius 1 is 0.541 bits per heavy atom. The molecule has 2 aromatic rings. The molecule has 1 fully saturated rings. The van der Waals surface area contributed by atoms with Crippen LogP contribution >= 0.6 is 0 Å². The van der Waals surface area contributed by atoms with Crippen LogP contribution in [0.2, 0.25) is 0 Å². The minimum Gasteiger partial charge on any atom is -0.481 e. The minimum atomic E-state index is -2.33. The fraction of sp³-hybridized carbons (Fsp3) is 0.609. The van der Waals surface area contributed by atoms with Gasteiger partial charge in [0.05, 0.1) is 52.0 Å². The van der Waals surface area contributed by atoms with E-state index in [4.69, 9.17) is 16.2 Å². The van der Waals surface area contributed by atoms with E-state index < -0.39 is 262 Å². The van der Waals surface area contributed by atoms with Crippen molar-refractivity contribution in [3.05, 3.63) is 36.0 Å². The van der Waals surface area contributed by atoms with Gasteiger partial charge in [-0.1, -0.05) is 90.8 Å². The molecule has 1 aromatic heterocycles. The standard InChI is InChI=1S/C69H104N16O26/c1-6-35(4)16-11-9-7-8-10-12-20-50(89)76-42(24-37-29-72-39-18-14-13-17-38(37)39)62(103)79-43(25-49(71)88)63(104)82-46(28-56(98)99)65(106)85-58-36(5)111-69(110)57(34(2)3)84-61(102)41(21-22-53(92)93)78-66(107)47(32-86)77-52(91)30-73-59(100)44(26-54(94)95)80-67(108)48(33-87)83-64(105)45(27-55(96)97)81-60(101)40(19-15-23-70)75-51(90)31-74-68(58)109/h13-14,17-18,29,34-36,40-48,57-58,72,86-87H,6-12,15-16,19-28,30-33,70H2,1-5H3,(H2,71,88)(H,73,100)(H,74,109)(H,75,90)(H,76,89)(H,77,91)(H,78,107)(H,79,103)(H,80,108)(H,81,101)(H,82,104)(H,83,105)(H,84,102)(H,85,106)(H,92,93)(H,94,95)(H,96,97)(H,98,99). The van der Waals surface area contributed by atoms with E-state index in [9.17, 15) is 122 Å². The molecule has 1 aromatic carbocycles. The summed E-state index contributed by atoms with van der Waals surface area (Å²) in [5, 5.41) is 88.1. The summed E-state index contributed by atoms with van der Waals surface area (Å²) in [4.78, 5) is 259. The van der Waals surface area contributed by atoms with Crippen LogP contribution in [-0.4, -0.2) is 254 Å². The molecule has 14 amide bonds. The highest BCUT2D eigenvalue weighted by atomic mass is 16.5. The molecule has 3 rings (SSSR count). The SMILES string of the molecule is CCC(C)CCCCCCCCC(=O)NC(Cc1c[nH]c2ccccc12)C(=O)NC(CC(N)=O)C(=O)NC(CC(=O)O)C(=O)NC1C(=O)NCC(=O)NC(CCCN)C(=O)NC(CC(=O)O)C(=O)NC(CO)C(=O)NC(CC(=O)O)C(=O)NCC(=O)NC(CO)C(=O)NC(CCC(=O)O)C(=O)NC(C(C)C)C(=O)OC1C. The first-order chi connectivity index (χ1) is 52.4. The molecule has 2 heterocycles. The normalized spacial score (nSPS) is 21.6. The predicted molar refractivity (Wildman–Crippen MR) is 386 cm³/mol. The number of para-hydroxylation sites is 1. The van der Waals surface area contributed by atoms with Gasteiger partial charge >= 0.3 is 29.8 Å². The number of aliphatic hydroxyl groups excluding tert-OH is 2. The lowest BCUT2D eigenvalue weighted by atomic mass is 9.99. The molecule has 42 nitrogen and oxygen atoms in total. The first kappa shape index (κ1) is 93.8. The highest BCUT2D eigenvalue weighted by Gasteiger charge is 2.40. The number of hydrogen-bond acceptors (Lipinski definition) is 23. The number of aromatic nitrogens is 1. The molecule has 1 aliphatic heterocycles. The Bertz CT molecular complexity index is 3630. The van der Waals surface area contributed by atoms with Crippen molar-refractivity contribution in [3.8, 4) is 0 Å². The molecule has 42 heteroatoms. The Morgan fingerprint density at radius 3 is 1.59 bits per heavy atom. The number of hydrogen-bond donors (Lipinski definition) is 22. The van der Waals surface area contributed by atoms with Crippen LogP contribution in [0.1, 0.15) is 149 Å². The second-order valence-electron chi connectivity index (χ2n) is 27.0. The molecule has 0 aliphatic carbocycles. The molecular weight excluding hydrogens is 1470 g/mol. The fourth-order valence-corrected chi connectivity index (χ4v) is 11.2. The summed E-state index contributed by atoms with van der Waals surface area (Å²) in [5.74, 6) is -27.1. The van der Waals surface area contributed by atoms with Gasteiger partial charge in [-0.2, -0.15) is 0 Å². The van der Waals surface area contributed by atoms with Crippen molar-refractivity contribution in [2.45, 2.75) is 223 Å². The Morgan fingerprint density at radius 2 is 1.04 bits per heavy atom. The zero-order valence-corrected chi connectivity index (χ0v) is 62.2. The molecular formula is C69H104N16O26. The summed E-state index contributed by atoms with van der Waals surface area (Å²) in [6.07, 6.45) is -0.359. The number of carboxylic acids is 4. The topological polar surface area (TPSA) is 679 Å². The Kier molecular flexibility index (Phi) is 40.7. The molecule has 0 spiro atoms. The van der Waals surface area contributed by atoms with Crippen molar-refractivity contribution in [1.82, 2.24) is 74.1 Å². The number of amides is 14. The molecule has 1 saturated heterocycles. The van der Waals surface area contributed by atoms with Crippen LogP contribution in [0.3, 0.4) is 0 Å². The number of carbonyl (C=O) groups excluding carboxylic acids is 15. The maximum absolute atomic E-state index is 14.6. The molecule has 1 aliphatic rings. The van der Waals surface area contributed by atoms with E-state index in [1.54, 1.807) is 30.5 Å². The molecule has 616 valence electrons. The molecule has 13 unspecified atom stereocenters. The number of benzene rings is 1. The second kappa shape index (κ2) is 48.2. The first-order valence-corrected chi connectivity index (χ1v) is 36.1. The number of carboxylic acid groups (broad SMARTS) is 4. The molecule has 0 saturated carbocycles. The van der Waals surface area contributed by atoms with Gasteiger partial charge in [-0.15, -0.1) is 0 Å². The lowest BCUT2D eigenvalue weighted by Crippen LogP contribution is -2.62. The van der Waals surface area contributed by atoms with Crippen LogP contribution in [0, 0.1) is 11.8 Å². The third-order valence-electron chi connectivity index (χ3n) is 17.6. The van der Waals surface area contributed by atoms with Gasteiger partial charge in [0.1, 0.15) is 72.6 Å². The first-order valence-electron chi connectivity index (χ1n) is 36.1. The summed E-state index contributed by atoms with van der Waals surface area (Å²) in [6, 6.07) is -15.2. The van der Waals surface area contributed by atoms with E-state index in [0.29, 0.717) is 35.2 Å². The molecule has 0 bridgehead atoms. The van der Waals surface area contributed by atoms with Crippen molar-refractivity contribution in [1.29, 1.82) is 0 Å². The van der Waals surface area contributed by atoms with Crippen LogP contribution in [0.15, 0.2) is 30.5 Å². The maximum atomic E-state index is 14.6. The van der Waals surface area contributed by atoms with Crippen LogP contribution in [0.25, 0.3) is 10.9 Å². The summed E-state index contributed by atoms with van der Waals surface area (Å²) in [7, 11) is 0. The summed E-state index contributed by atoms with van der Waals surface area (Å²) >= 11 is 0. The zero-order chi connectivity index (χ0) is 83.2. The monoisotopic (exact) mass is 1570 g/mol. The summed E-state index contributed by atoms with van der Waals surface area (Å²) in [5.41, 5.74) is 12.5.